The van der Waals surface area contributed by atoms with Gasteiger partial charge in [-0.1, -0.05) is 30.3 Å². The monoisotopic (exact) mass is 352 g/mol. The van der Waals surface area contributed by atoms with Crippen LogP contribution in [0.15, 0.2) is 53.0 Å². The molecule has 0 bridgehead atoms. The topological polar surface area (TPSA) is 24.1 Å². The van der Waals surface area contributed by atoms with E-state index in [-0.39, 0.29) is 5.82 Å². The molecule has 0 saturated heterocycles. The van der Waals surface area contributed by atoms with Crippen LogP contribution in [0.5, 0.6) is 0 Å². The zero-order chi connectivity index (χ0) is 14.4. The van der Waals surface area contributed by atoms with Crippen molar-refractivity contribution in [2.24, 2.45) is 0 Å². The van der Waals surface area contributed by atoms with E-state index in [4.69, 9.17) is 12.2 Å². The highest BCUT2D eigenvalue weighted by Crippen LogP contribution is 2.22. The predicted octanol–water partition coefficient (Wildman–Crippen LogP) is 4.12. The lowest BCUT2D eigenvalue weighted by Crippen LogP contribution is -2.30. The van der Waals surface area contributed by atoms with E-state index in [1.807, 2.05) is 18.2 Å². The quantitative estimate of drug-likeness (QED) is 0.809. The fourth-order valence-corrected chi connectivity index (χ4v) is 2.38. The molecule has 0 atom stereocenters. The number of nitrogens with one attached hydrogen (secondary N) is 2. The number of anilines is 1. The summed E-state index contributed by atoms with van der Waals surface area (Å²) in [4.78, 5) is 0. The average molecular weight is 353 g/mol. The summed E-state index contributed by atoms with van der Waals surface area (Å²) in [5, 5.41) is 6.68. The lowest BCUT2D eigenvalue weighted by molar-refractivity contribution is 0.627. The minimum absolute atomic E-state index is 0.287. The number of benzene rings is 2. The van der Waals surface area contributed by atoms with Crippen LogP contribution >= 0.6 is 28.1 Å². The molecular formula is C15H14BrFN2S. The van der Waals surface area contributed by atoms with Gasteiger partial charge in [0.15, 0.2) is 5.11 Å². The Hall–Kier alpha value is -1.46. The molecular weight excluding hydrogens is 339 g/mol. The molecule has 2 aromatic carbocycles. The molecule has 0 aromatic heterocycles. The van der Waals surface area contributed by atoms with Gasteiger partial charge in [-0.3, -0.25) is 0 Å². The zero-order valence-corrected chi connectivity index (χ0v) is 13.1. The Balaban J connectivity index is 1.81. The molecule has 0 aliphatic carbocycles. The molecule has 0 unspecified atom stereocenters. The molecule has 0 amide bonds. The second kappa shape index (κ2) is 7.36. The highest BCUT2D eigenvalue weighted by molar-refractivity contribution is 9.10. The van der Waals surface area contributed by atoms with E-state index in [1.54, 1.807) is 6.07 Å². The van der Waals surface area contributed by atoms with Gasteiger partial charge in [0.05, 0.1) is 5.69 Å². The third kappa shape index (κ3) is 4.58. The van der Waals surface area contributed by atoms with Gasteiger partial charge in [0.2, 0.25) is 0 Å². The van der Waals surface area contributed by atoms with Crippen molar-refractivity contribution >= 4 is 38.9 Å². The van der Waals surface area contributed by atoms with E-state index in [0.717, 1.165) is 18.7 Å². The van der Waals surface area contributed by atoms with Gasteiger partial charge >= 0.3 is 0 Å². The summed E-state index contributed by atoms with van der Waals surface area (Å²) in [6.07, 6.45) is 0.896. The van der Waals surface area contributed by atoms with Gasteiger partial charge in [0.25, 0.3) is 0 Å². The van der Waals surface area contributed by atoms with Crippen molar-refractivity contribution in [1.82, 2.24) is 5.32 Å². The fourth-order valence-electron chi connectivity index (χ4n) is 1.72. The first-order valence-electron chi connectivity index (χ1n) is 6.19. The Labute approximate surface area is 131 Å². The summed E-state index contributed by atoms with van der Waals surface area (Å²) < 4.78 is 13.6. The minimum Gasteiger partial charge on any atom is -0.362 e. The molecule has 0 heterocycles. The molecule has 0 spiro atoms. The van der Waals surface area contributed by atoms with Crippen LogP contribution in [0.1, 0.15) is 5.56 Å². The van der Waals surface area contributed by atoms with Crippen molar-refractivity contribution in [3.8, 4) is 0 Å². The van der Waals surface area contributed by atoms with Crippen molar-refractivity contribution < 1.29 is 4.39 Å². The molecule has 0 fully saturated rings. The van der Waals surface area contributed by atoms with Gasteiger partial charge in [-0.25, -0.2) is 4.39 Å². The van der Waals surface area contributed by atoms with E-state index in [1.165, 1.54) is 17.7 Å². The van der Waals surface area contributed by atoms with Crippen molar-refractivity contribution in [1.29, 1.82) is 0 Å². The maximum atomic E-state index is 13.0. The Morgan fingerprint density at radius 3 is 2.60 bits per heavy atom. The molecule has 2 N–H and O–H groups in total. The van der Waals surface area contributed by atoms with Gasteiger partial charge in [-0.15, -0.1) is 0 Å². The van der Waals surface area contributed by atoms with Gasteiger partial charge in [0.1, 0.15) is 5.82 Å². The first-order chi connectivity index (χ1) is 9.65. The van der Waals surface area contributed by atoms with Crippen molar-refractivity contribution in [2.75, 3.05) is 11.9 Å². The minimum atomic E-state index is -0.287. The predicted molar refractivity (Wildman–Crippen MR) is 88.5 cm³/mol. The zero-order valence-electron chi connectivity index (χ0n) is 10.7. The third-order valence-corrected chi connectivity index (χ3v) is 3.62. The average Bonchev–Trinajstić information content (AvgIpc) is 2.43. The van der Waals surface area contributed by atoms with E-state index in [2.05, 4.69) is 38.7 Å². The summed E-state index contributed by atoms with van der Waals surface area (Å²) in [6.45, 7) is 0.745. The number of hydrogen-bond acceptors (Lipinski definition) is 1. The Kier molecular flexibility index (Phi) is 5.49. The van der Waals surface area contributed by atoms with Crippen molar-refractivity contribution in [2.45, 2.75) is 6.42 Å². The maximum absolute atomic E-state index is 13.0. The molecule has 2 nitrogen and oxygen atoms in total. The Morgan fingerprint density at radius 2 is 1.90 bits per heavy atom. The standard InChI is InChI=1S/C15H14BrFN2S/c16-13-10-12(17)6-7-14(13)19-15(20)18-9-8-11-4-2-1-3-5-11/h1-7,10H,8-9H2,(H2,18,19,20). The normalized spacial score (nSPS) is 10.1. The van der Waals surface area contributed by atoms with Crippen LogP contribution in [0.2, 0.25) is 0 Å². The molecule has 0 radical (unpaired) electrons. The summed E-state index contributed by atoms with van der Waals surface area (Å²) in [6, 6.07) is 14.6. The van der Waals surface area contributed by atoms with Crippen LogP contribution in [-0.4, -0.2) is 11.7 Å². The lowest BCUT2D eigenvalue weighted by Gasteiger charge is -2.11. The van der Waals surface area contributed by atoms with Crippen molar-refractivity contribution in [3.63, 3.8) is 0 Å². The van der Waals surface area contributed by atoms with Gasteiger partial charge < -0.3 is 10.6 Å². The van der Waals surface area contributed by atoms with Crippen LogP contribution in [0.3, 0.4) is 0 Å². The van der Waals surface area contributed by atoms with E-state index in [9.17, 15) is 4.39 Å². The van der Waals surface area contributed by atoms with Gasteiger partial charge in [-0.05, 0) is 58.3 Å². The van der Waals surface area contributed by atoms with Gasteiger partial charge in [-0.2, -0.15) is 0 Å². The second-order valence-electron chi connectivity index (χ2n) is 4.24. The summed E-state index contributed by atoms with van der Waals surface area (Å²) >= 11 is 8.50. The Morgan fingerprint density at radius 1 is 1.15 bits per heavy atom. The molecule has 0 aliphatic heterocycles. The maximum Gasteiger partial charge on any atom is 0.170 e. The summed E-state index contributed by atoms with van der Waals surface area (Å²) in [5.41, 5.74) is 1.99. The third-order valence-electron chi connectivity index (χ3n) is 2.72. The summed E-state index contributed by atoms with van der Waals surface area (Å²) in [5.74, 6) is -0.287. The molecule has 20 heavy (non-hydrogen) atoms. The van der Waals surface area contributed by atoms with Crippen LogP contribution in [0.4, 0.5) is 10.1 Å². The van der Waals surface area contributed by atoms with Crippen LogP contribution in [0, 0.1) is 5.82 Å². The van der Waals surface area contributed by atoms with Gasteiger partial charge in [0, 0.05) is 11.0 Å². The van der Waals surface area contributed by atoms with Crippen LogP contribution in [-0.2, 0) is 6.42 Å². The number of rotatable bonds is 4. The largest absolute Gasteiger partial charge is 0.362 e. The first kappa shape index (κ1) is 14.9. The highest BCUT2D eigenvalue weighted by atomic mass is 79.9. The van der Waals surface area contributed by atoms with Crippen LogP contribution in [0.25, 0.3) is 0 Å². The van der Waals surface area contributed by atoms with Crippen LogP contribution < -0.4 is 10.6 Å². The number of thiocarbonyl (C=S) groups is 1. The smallest absolute Gasteiger partial charge is 0.170 e. The van der Waals surface area contributed by atoms with E-state index < -0.39 is 0 Å². The second-order valence-corrected chi connectivity index (χ2v) is 5.50. The molecule has 2 aromatic rings. The molecule has 5 heteroatoms. The summed E-state index contributed by atoms with van der Waals surface area (Å²) in [7, 11) is 0. The molecule has 2 rings (SSSR count). The number of hydrogen-bond donors (Lipinski definition) is 2. The fraction of sp³-hybridized carbons (Fsp3) is 0.133. The van der Waals surface area contributed by atoms with E-state index in [0.29, 0.717) is 9.59 Å². The number of halogens is 2. The highest BCUT2D eigenvalue weighted by Gasteiger charge is 2.03. The van der Waals surface area contributed by atoms with E-state index >= 15 is 0 Å². The molecule has 0 aliphatic rings. The first-order valence-corrected chi connectivity index (χ1v) is 7.39. The molecule has 0 saturated carbocycles. The lowest BCUT2D eigenvalue weighted by atomic mass is 10.1. The Bertz CT molecular complexity index is 590. The molecule has 104 valence electrons. The van der Waals surface area contributed by atoms with Crippen molar-refractivity contribution in [3.05, 3.63) is 64.4 Å². The SMILES string of the molecule is Fc1ccc(NC(=S)NCCc2ccccc2)c(Br)c1.